The Balaban J connectivity index is 1.69. The van der Waals surface area contributed by atoms with E-state index in [-0.39, 0.29) is 0 Å². The van der Waals surface area contributed by atoms with Gasteiger partial charge in [0.15, 0.2) is 0 Å². The van der Waals surface area contributed by atoms with Gasteiger partial charge in [-0.05, 0) is 72.3 Å². The quantitative estimate of drug-likeness (QED) is 0.492. The minimum atomic E-state index is 0.653. The molecule has 6 rings (SSSR count). The minimum Gasteiger partial charge on any atom is -0.255 e. The Morgan fingerprint density at radius 2 is 1.91 bits per heavy atom. The maximum Gasteiger partial charge on any atom is 0.0783 e. The van der Waals surface area contributed by atoms with Crippen LogP contribution in [-0.4, -0.2) is 4.98 Å². The van der Waals surface area contributed by atoms with Crippen molar-refractivity contribution < 1.29 is 0 Å². The molecule has 2 bridgehead atoms. The van der Waals surface area contributed by atoms with Crippen molar-refractivity contribution in [1.82, 2.24) is 4.98 Å². The van der Waals surface area contributed by atoms with Crippen LogP contribution in [0.3, 0.4) is 0 Å². The number of nitrogens with zero attached hydrogens (tertiary/aromatic N) is 1. The SMILES string of the molecule is c1ccc2c(c1)ccc1c3c(cnc12)C1CCC2CC2(CC1)C3. The highest BCUT2D eigenvalue weighted by Crippen LogP contribution is 2.65. The summed E-state index contributed by atoms with van der Waals surface area (Å²) in [5, 5.41) is 4.05. The van der Waals surface area contributed by atoms with Gasteiger partial charge in [0.2, 0.25) is 0 Å². The number of benzene rings is 2. The van der Waals surface area contributed by atoms with Crippen LogP contribution in [0.2, 0.25) is 0 Å². The van der Waals surface area contributed by atoms with Gasteiger partial charge in [0.05, 0.1) is 5.52 Å². The zero-order valence-corrected chi connectivity index (χ0v) is 13.4. The van der Waals surface area contributed by atoms with Crippen molar-refractivity contribution in [3.63, 3.8) is 0 Å². The Labute approximate surface area is 136 Å². The van der Waals surface area contributed by atoms with E-state index in [0.29, 0.717) is 5.41 Å². The monoisotopic (exact) mass is 299 g/mol. The van der Waals surface area contributed by atoms with Crippen molar-refractivity contribution in [2.24, 2.45) is 11.3 Å². The molecule has 2 saturated carbocycles. The van der Waals surface area contributed by atoms with E-state index in [1.807, 2.05) is 0 Å². The van der Waals surface area contributed by atoms with Crippen LogP contribution in [0.1, 0.15) is 49.1 Å². The standard InChI is InChI=1S/C22H21N/c1-2-4-17-14(3-1)6-8-18-19-12-22-10-9-15(5-7-16(22)11-22)20(19)13-23-21(17)18/h1-4,6,8,13,15-16H,5,7,9-12H2. The molecule has 3 unspecified atom stereocenters. The molecule has 3 aromatic rings. The maximum atomic E-state index is 4.95. The third-order valence-electron chi connectivity index (χ3n) is 7.09. The summed E-state index contributed by atoms with van der Waals surface area (Å²) in [5.74, 6) is 1.78. The molecule has 0 aliphatic heterocycles. The molecule has 1 heteroatoms. The molecule has 1 spiro atoms. The van der Waals surface area contributed by atoms with Gasteiger partial charge >= 0.3 is 0 Å². The highest BCUT2D eigenvalue weighted by Gasteiger charge is 2.56. The number of rotatable bonds is 0. The van der Waals surface area contributed by atoms with Gasteiger partial charge in [-0.25, -0.2) is 0 Å². The summed E-state index contributed by atoms with van der Waals surface area (Å²) in [7, 11) is 0. The fourth-order valence-corrected chi connectivity index (χ4v) is 5.68. The number of hydrogen-bond donors (Lipinski definition) is 0. The Hall–Kier alpha value is -1.89. The van der Waals surface area contributed by atoms with Crippen LogP contribution >= 0.6 is 0 Å². The van der Waals surface area contributed by atoms with Crippen LogP contribution in [0.25, 0.3) is 21.7 Å². The lowest BCUT2D eigenvalue weighted by Crippen LogP contribution is -2.09. The average molecular weight is 299 g/mol. The van der Waals surface area contributed by atoms with Crippen molar-refractivity contribution in [3.8, 4) is 0 Å². The Bertz CT molecular complexity index is 957. The van der Waals surface area contributed by atoms with Crippen LogP contribution in [0.15, 0.2) is 42.6 Å². The van der Waals surface area contributed by atoms with Crippen molar-refractivity contribution in [2.45, 2.75) is 44.4 Å². The van der Waals surface area contributed by atoms with Crippen LogP contribution in [0.4, 0.5) is 0 Å². The van der Waals surface area contributed by atoms with E-state index in [2.05, 4.69) is 42.6 Å². The molecule has 1 aromatic heterocycles. The zero-order valence-electron chi connectivity index (χ0n) is 13.4. The lowest BCUT2D eigenvalue weighted by Gasteiger charge is -2.21. The number of hydrogen-bond acceptors (Lipinski definition) is 1. The maximum absolute atomic E-state index is 4.95. The van der Waals surface area contributed by atoms with Crippen molar-refractivity contribution in [2.75, 3.05) is 0 Å². The first kappa shape index (κ1) is 12.5. The molecular formula is C22H21N. The van der Waals surface area contributed by atoms with Crippen LogP contribution in [0, 0.1) is 11.3 Å². The van der Waals surface area contributed by atoms with Gasteiger partial charge in [-0.2, -0.15) is 0 Å². The molecule has 1 heterocycles. The van der Waals surface area contributed by atoms with Crippen molar-refractivity contribution >= 4 is 21.7 Å². The third-order valence-corrected chi connectivity index (χ3v) is 7.09. The fourth-order valence-electron chi connectivity index (χ4n) is 5.68. The predicted octanol–water partition coefficient (Wildman–Crippen LogP) is 5.61. The molecular weight excluding hydrogens is 278 g/mol. The van der Waals surface area contributed by atoms with E-state index in [0.717, 1.165) is 11.8 Å². The van der Waals surface area contributed by atoms with Crippen LogP contribution < -0.4 is 0 Å². The van der Waals surface area contributed by atoms with Gasteiger partial charge in [0, 0.05) is 17.0 Å². The molecule has 0 amide bonds. The average Bonchev–Trinajstić information content (AvgIpc) is 3.30. The van der Waals surface area contributed by atoms with E-state index in [1.54, 1.807) is 11.1 Å². The Morgan fingerprint density at radius 1 is 0.957 bits per heavy atom. The molecule has 3 atom stereocenters. The topological polar surface area (TPSA) is 12.9 Å². The summed E-state index contributed by atoms with van der Waals surface area (Å²) in [6.45, 7) is 0. The highest BCUT2D eigenvalue weighted by atomic mass is 14.7. The summed E-state index contributed by atoms with van der Waals surface area (Å²) in [5.41, 5.74) is 5.09. The number of pyridine rings is 1. The second kappa shape index (κ2) is 4.14. The zero-order chi connectivity index (χ0) is 15.0. The molecule has 114 valence electrons. The second-order valence-electron chi connectivity index (χ2n) is 8.13. The van der Waals surface area contributed by atoms with Gasteiger partial charge in [0.25, 0.3) is 0 Å². The van der Waals surface area contributed by atoms with Crippen molar-refractivity contribution in [3.05, 3.63) is 53.7 Å². The van der Waals surface area contributed by atoms with E-state index in [4.69, 9.17) is 4.98 Å². The van der Waals surface area contributed by atoms with Crippen LogP contribution in [0.5, 0.6) is 0 Å². The number of aromatic nitrogens is 1. The van der Waals surface area contributed by atoms with E-state index in [1.165, 1.54) is 60.2 Å². The molecule has 1 nitrogen and oxygen atoms in total. The van der Waals surface area contributed by atoms with Gasteiger partial charge in [-0.15, -0.1) is 0 Å². The Morgan fingerprint density at radius 3 is 2.91 bits per heavy atom. The normalized spacial score (nSPS) is 31.5. The summed E-state index contributed by atoms with van der Waals surface area (Å²) in [6.07, 6.45) is 10.7. The highest BCUT2D eigenvalue weighted by molar-refractivity contribution is 6.06. The van der Waals surface area contributed by atoms with E-state index < -0.39 is 0 Å². The lowest BCUT2D eigenvalue weighted by atomic mass is 9.85. The third kappa shape index (κ3) is 1.60. The molecule has 2 aromatic carbocycles. The first-order chi connectivity index (χ1) is 11.3. The van der Waals surface area contributed by atoms with Gasteiger partial charge < -0.3 is 0 Å². The largest absolute Gasteiger partial charge is 0.255 e. The van der Waals surface area contributed by atoms with Gasteiger partial charge in [-0.1, -0.05) is 36.4 Å². The fraction of sp³-hybridized carbons (Fsp3) is 0.409. The summed E-state index contributed by atoms with van der Waals surface area (Å²) < 4.78 is 0. The molecule has 3 aliphatic carbocycles. The van der Waals surface area contributed by atoms with Crippen LogP contribution in [-0.2, 0) is 6.42 Å². The van der Waals surface area contributed by atoms with E-state index >= 15 is 0 Å². The van der Waals surface area contributed by atoms with Gasteiger partial charge in [-0.3, -0.25) is 4.98 Å². The molecule has 23 heavy (non-hydrogen) atoms. The molecule has 0 N–H and O–H groups in total. The molecule has 0 radical (unpaired) electrons. The van der Waals surface area contributed by atoms with Crippen molar-refractivity contribution in [1.29, 1.82) is 0 Å². The summed E-state index contributed by atoms with van der Waals surface area (Å²) >= 11 is 0. The minimum absolute atomic E-state index is 0.653. The van der Waals surface area contributed by atoms with E-state index in [9.17, 15) is 0 Å². The lowest BCUT2D eigenvalue weighted by molar-refractivity contribution is 0.426. The summed E-state index contributed by atoms with van der Waals surface area (Å²) in [6, 6.07) is 13.3. The number of fused-ring (bicyclic) bond motifs is 8. The molecule has 2 fully saturated rings. The molecule has 0 saturated heterocycles. The first-order valence-corrected chi connectivity index (χ1v) is 9.13. The summed E-state index contributed by atoms with van der Waals surface area (Å²) in [4.78, 5) is 4.95. The smallest absolute Gasteiger partial charge is 0.0783 e. The molecule has 3 aliphatic rings. The first-order valence-electron chi connectivity index (χ1n) is 9.13. The second-order valence-corrected chi connectivity index (χ2v) is 8.13. The van der Waals surface area contributed by atoms with Gasteiger partial charge in [0.1, 0.15) is 0 Å². The predicted molar refractivity (Wildman–Crippen MR) is 94.7 cm³/mol. The Kier molecular flexibility index (Phi) is 2.25.